The van der Waals surface area contributed by atoms with Crippen molar-refractivity contribution in [3.63, 3.8) is 0 Å². The average Bonchev–Trinajstić information content (AvgIpc) is 3.90. The molecule has 2 aromatic carbocycles. The smallest absolute Gasteiger partial charge is 0.227 e. The predicted molar refractivity (Wildman–Crippen MR) is 256 cm³/mol. The number of nitrogens with zero attached hydrogens (tertiary/aromatic N) is 3. The van der Waals surface area contributed by atoms with Crippen LogP contribution < -0.4 is 14.3 Å². The normalized spacial score (nSPS) is 19.9. The molecule has 10 rings (SSSR count). The Bertz CT molecular complexity index is 2650. The van der Waals surface area contributed by atoms with Crippen molar-refractivity contribution in [3.05, 3.63) is 119 Å². The molecular formula is C56H69N3OSi+2. The predicted octanol–water partition coefficient (Wildman–Crippen LogP) is 13.4. The molecular weight excluding hydrogens is 759 g/mol. The molecule has 2 fully saturated rings. The van der Waals surface area contributed by atoms with Gasteiger partial charge in [0.15, 0.2) is 30.6 Å². The van der Waals surface area contributed by atoms with Gasteiger partial charge in [-0.3, -0.25) is 0 Å². The lowest BCUT2D eigenvalue weighted by Crippen LogP contribution is -2.55. The first-order valence-corrected chi connectivity index (χ1v) is 27.7. The second-order valence-electron chi connectivity index (χ2n) is 21.4. The minimum atomic E-state index is -1.70. The van der Waals surface area contributed by atoms with Gasteiger partial charge in [-0.1, -0.05) is 142 Å². The molecule has 6 heterocycles. The zero-order chi connectivity index (χ0) is 42.2. The molecule has 0 N–H and O–H groups in total. The third-order valence-corrected chi connectivity index (χ3v) is 17.5. The lowest BCUT2D eigenvalue weighted by molar-refractivity contribution is -0.722. The van der Waals surface area contributed by atoms with Crippen LogP contribution in [-0.4, -0.2) is 13.1 Å². The second-order valence-corrected chi connectivity index (χ2v) is 26.4. The number of rotatable bonds is 7. The molecule has 2 aliphatic heterocycles. The van der Waals surface area contributed by atoms with E-state index in [-0.39, 0.29) is 6.04 Å². The molecule has 6 aromatic rings. The van der Waals surface area contributed by atoms with Crippen molar-refractivity contribution < 1.29 is 13.6 Å². The van der Waals surface area contributed by atoms with E-state index in [0.717, 1.165) is 65.4 Å². The third-order valence-electron chi connectivity index (χ3n) is 15.4. The van der Waals surface area contributed by atoms with E-state index in [2.05, 4.69) is 130 Å². The topological polar surface area (TPSA) is 33.8 Å². The van der Waals surface area contributed by atoms with Gasteiger partial charge in [-0.05, 0) is 89.8 Å². The number of aromatic nitrogens is 3. The van der Waals surface area contributed by atoms with Crippen molar-refractivity contribution in [2.45, 2.75) is 161 Å². The van der Waals surface area contributed by atoms with Gasteiger partial charge < -0.3 is 4.42 Å². The maximum atomic E-state index is 7.02. The summed E-state index contributed by atoms with van der Waals surface area (Å²) < 4.78 is 12.3. The summed E-state index contributed by atoms with van der Waals surface area (Å²) >= 11 is 0. The number of allylic oxidation sites excluding steroid dienone is 1. The first-order valence-electron chi connectivity index (χ1n) is 24.2. The van der Waals surface area contributed by atoms with Gasteiger partial charge in [0.05, 0.1) is 25.1 Å². The fourth-order valence-corrected chi connectivity index (χ4v) is 13.9. The summed E-state index contributed by atoms with van der Waals surface area (Å²) in [6, 6.07) is 24.0. The average molecular weight is 828 g/mol. The highest BCUT2D eigenvalue weighted by atomic mass is 28.3. The van der Waals surface area contributed by atoms with Crippen LogP contribution >= 0.6 is 0 Å². The molecule has 2 atom stereocenters. The van der Waals surface area contributed by atoms with Crippen LogP contribution in [0.5, 0.6) is 0 Å². The van der Waals surface area contributed by atoms with E-state index in [1.807, 2.05) is 0 Å². The zero-order valence-corrected chi connectivity index (χ0v) is 39.2. The standard InChI is InChI=1S/C56H69N3OSi/c1-35(2)48-33-58-32-37(5)54-45(43-20-14-15-21-44(43)50-31-42(29-39-16-10-9-11-17-39)52(34-59(50)54)61(6,7)8)24-22-40-23-25-46-47-26-27-49(36(3)4)57-56(47)60-55(46)53(40)51(58)30-41(48)28-38-18-12-13-19-38/h14-15,20-21,23,25-27,30-31,33-36,38-39,45,54H,5,9-13,16-19,22,24,28-29,32H2,1-4,6-8H3/q+2. The number of furan rings is 1. The Morgan fingerprint density at radius 2 is 1.44 bits per heavy atom. The quantitative estimate of drug-likeness (QED) is 0.0912. The van der Waals surface area contributed by atoms with Crippen LogP contribution in [0.4, 0.5) is 0 Å². The summed E-state index contributed by atoms with van der Waals surface area (Å²) in [5, 5.41) is 3.91. The van der Waals surface area contributed by atoms with Gasteiger partial charge in [0, 0.05) is 44.9 Å². The number of aryl methyl sites for hydroxylation is 1. The number of hydrogen-bond donors (Lipinski definition) is 0. The van der Waals surface area contributed by atoms with Gasteiger partial charge in [0.2, 0.25) is 17.1 Å². The molecule has 0 bridgehead atoms. The van der Waals surface area contributed by atoms with Gasteiger partial charge in [-0.15, -0.1) is 0 Å². The van der Waals surface area contributed by atoms with Crippen LogP contribution in [0, 0.1) is 11.8 Å². The Morgan fingerprint density at radius 3 is 2.16 bits per heavy atom. The SMILES string of the molecule is C=C1C[n+]2cc(C(C)C)c(CC3CCCC3)cc2-c2c(ccc3c2oc2nc(C(C)C)ccc23)CCC2c3ccccc3-c3cc(CC4CCCCC4)c([Si](C)(C)C)c[n+]3C12. The summed E-state index contributed by atoms with van der Waals surface area (Å²) in [5.41, 5.74) is 16.9. The third kappa shape index (κ3) is 7.45. The molecule has 2 saturated carbocycles. The van der Waals surface area contributed by atoms with Crippen molar-refractivity contribution >= 4 is 35.3 Å². The minimum Gasteiger partial charge on any atom is -0.437 e. The number of fused-ring (bicyclic) bond motifs is 13. The van der Waals surface area contributed by atoms with Gasteiger partial charge in [-0.25, -0.2) is 4.98 Å². The maximum absolute atomic E-state index is 7.02. The second kappa shape index (κ2) is 16.1. The van der Waals surface area contributed by atoms with Crippen LogP contribution in [0.1, 0.15) is 149 Å². The molecule has 4 nitrogen and oxygen atoms in total. The molecule has 2 aliphatic carbocycles. The van der Waals surface area contributed by atoms with Crippen LogP contribution in [0.3, 0.4) is 0 Å². The van der Waals surface area contributed by atoms with Gasteiger partial charge in [-0.2, -0.15) is 9.13 Å². The highest BCUT2D eigenvalue weighted by molar-refractivity contribution is 6.89. The molecule has 4 aromatic heterocycles. The summed E-state index contributed by atoms with van der Waals surface area (Å²) in [6.07, 6.45) is 21.9. The highest BCUT2D eigenvalue weighted by Gasteiger charge is 2.45. The summed E-state index contributed by atoms with van der Waals surface area (Å²) in [4.78, 5) is 5.10. The minimum absolute atomic E-state index is 0.153. The van der Waals surface area contributed by atoms with Crippen LogP contribution in [0.25, 0.3) is 44.6 Å². The first-order chi connectivity index (χ1) is 29.4. The van der Waals surface area contributed by atoms with E-state index in [1.54, 1.807) is 10.8 Å². The van der Waals surface area contributed by atoms with E-state index in [9.17, 15) is 0 Å². The van der Waals surface area contributed by atoms with Gasteiger partial charge in [0.1, 0.15) is 0 Å². The fraction of sp³-hybridized carbons (Fsp3) is 0.482. The maximum Gasteiger partial charge on any atom is 0.227 e. The first kappa shape index (κ1) is 40.7. The Balaban J connectivity index is 1.18. The Hall–Kier alpha value is -4.35. The molecule has 4 aliphatic rings. The largest absolute Gasteiger partial charge is 0.437 e. The molecule has 0 radical (unpaired) electrons. The van der Waals surface area contributed by atoms with E-state index < -0.39 is 8.07 Å². The molecule has 5 heteroatoms. The van der Waals surface area contributed by atoms with Crippen molar-refractivity contribution in [3.8, 4) is 22.5 Å². The molecule has 316 valence electrons. The Morgan fingerprint density at radius 1 is 0.754 bits per heavy atom. The number of pyridine rings is 3. The number of benzene rings is 2. The fourth-order valence-electron chi connectivity index (χ4n) is 12.2. The van der Waals surface area contributed by atoms with E-state index in [4.69, 9.17) is 16.0 Å². The summed E-state index contributed by atoms with van der Waals surface area (Å²) in [6.45, 7) is 22.8. The zero-order valence-electron chi connectivity index (χ0n) is 38.2. The molecule has 61 heavy (non-hydrogen) atoms. The Labute approximate surface area is 366 Å². The lowest BCUT2D eigenvalue weighted by atomic mass is 9.76. The van der Waals surface area contributed by atoms with Crippen LogP contribution in [-0.2, 0) is 25.8 Å². The van der Waals surface area contributed by atoms with Crippen molar-refractivity contribution in [2.75, 3.05) is 0 Å². The highest BCUT2D eigenvalue weighted by Crippen LogP contribution is 2.46. The van der Waals surface area contributed by atoms with Gasteiger partial charge >= 0.3 is 0 Å². The molecule has 0 amide bonds. The monoisotopic (exact) mass is 828 g/mol. The van der Waals surface area contributed by atoms with E-state index >= 15 is 0 Å². The molecule has 2 unspecified atom stereocenters. The van der Waals surface area contributed by atoms with E-state index in [1.165, 1.54) is 115 Å². The number of hydrogen-bond acceptors (Lipinski definition) is 2. The van der Waals surface area contributed by atoms with Crippen LogP contribution in [0.2, 0.25) is 19.6 Å². The molecule has 0 saturated heterocycles. The molecule has 0 spiro atoms. The van der Waals surface area contributed by atoms with Crippen molar-refractivity contribution in [2.24, 2.45) is 11.8 Å². The Kier molecular flexibility index (Phi) is 10.7. The lowest BCUT2D eigenvalue weighted by Gasteiger charge is -2.34. The van der Waals surface area contributed by atoms with Crippen LogP contribution in [0.15, 0.2) is 89.6 Å². The summed E-state index contributed by atoms with van der Waals surface area (Å²) in [5.74, 6) is 2.61. The van der Waals surface area contributed by atoms with E-state index in [0.29, 0.717) is 17.8 Å². The van der Waals surface area contributed by atoms with Gasteiger partial charge in [0.25, 0.3) is 0 Å². The van der Waals surface area contributed by atoms with Crippen molar-refractivity contribution in [1.82, 2.24) is 4.98 Å². The van der Waals surface area contributed by atoms with Crippen molar-refractivity contribution in [1.29, 1.82) is 0 Å². The summed E-state index contributed by atoms with van der Waals surface area (Å²) in [7, 11) is -1.70.